The van der Waals surface area contributed by atoms with Crippen LogP contribution in [-0.4, -0.2) is 26.2 Å². The third-order valence-corrected chi connectivity index (χ3v) is 5.40. The van der Waals surface area contributed by atoms with E-state index in [1.807, 2.05) is 54.6 Å². The molecule has 6 heteroatoms. The van der Waals surface area contributed by atoms with Gasteiger partial charge in [-0.3, -0.25) is 9.89 Å². The highest BCUT2D eigenvalue weighted by molar-refractivity contribution is 6.04. The number of rotatable bonds is 6. The van der Waals surface area contributed by atoms with Gasteiger partial charge in [-0.1, -0.05) is 24.3 Å². The van der Waals surface area contributed by atoms with Gasteiger partial charge in [0.25, 0.3) is 5.91 Å². The standard InChI is InChI=1S/C25H22N4O2/c30-22-12-4-16(5-13-22)14-17-2-1-3-20(15-17)25(31)26-21-10-8-19(9-11-21)24-27-23(28-29-24)18-6-7-18/h1-5,8-13,15,18,30H,6-7,14H2,(H,26,31)(H,27,28,29). The summed E-state index contributed by atoms with van der Waals surface area (Å²) < 4.78 is 0. The number of phenolic OH excluding ortho intramolecular Hbond substituents is 1. The first-order valence-electron chi connectivity index (χ1n) is 10.3. The van der Waals surface area contributed by atoms with E-state index in [1.165, 1.54) is 12.8 Å². The molecule has 0 atom stereocenters. The number of aromatic nitrogens is 3. The van der Waals surface area contributed by atoms with E-state index in [4.69, 9.17) is 0 Å². The van der Waals surface area contributed by atoms with Crippen LogP contribution in [0.3, 0.4) is 0 Å². The Morgan fingerprint density at radius 2 is 1.77 bits per heavy atom. The highest BCUT2D eigenvalue weighted by atomic mass is 16.3. The fraction of sp³-hybridized carbons (Fsp3) is 0.160. The van der Waals surface area contributed by atoms with E-state index in [1.54, 1.807) is 18.2 Å². The van der Waals surface area contributed by atoms with Crippen LogP contribution >= 0.6 is 0 Å². The number of aromatic amines is 1. The minimum Gasteiger partial charge on any atom is -0.508 e. The third kappa shape index (κ3) is 4.48. The zero-order chi connectivity index (χ0) is 21.2. The molecule has 0 unspecified atom stereocenters. The average molecular weight is 410 g/mol. The van der Waals surface area contributed by atoms with Gasteiger partial charge >= 0.3 is 0 Å². The molecule has 154 valence electrons. The Bertz CT molecular complexity index is 1210. The maximum Gasteiger partial charge on any atom is 0.255 e. The lowest BCUT2D eigenvalue weighted by atomic mass is 10.0. The number of aromatic hydroxyl groups is 1. The molecule has 1 amide bonds. The molecular weight excluding hydrogens is 388 g/mol. The summed E-state index contributed by atoms with van der Waals surface area (Å²) in [6.45, 7) is 0. The fourth-order valence-corrected chi connectivity index (χ4v) is 3.52. The highest BCUT2D eigenvalue weighted by Crippen LogP contribution is 2.38. The van der Waals surface area contributed by atoms with Crippen molar-refractivity contribution < 1.29 is 9.90 Å². The molecular formula is C25H22N4O2. The van der Waals surface area contributed by atoms with Gasteiger partial charge in [-0.25, -0.2) is 4.98 Å². The minimum absolute atomic E-state index is 0.158. The Hall–Kier alpha value is -3.93. The van der Waals surface area contributed by atoms with Crippen molar-refractivity contribution in [3.63, 3.8) is 0 Å². The predicted molar refractivity (Wildman–Crippen MR) is 119 cm³/mol. The van der Waals surface area contributed by atoms with Crippen molar-refractivity contribution in [2.75, 3.05) is 5.32 Å². The van der Waals surface area contributed by atoms with Gasteiger partial charge in [0.1, 0.15) is 11.6 Å². The molecule has 0 aliphatic heterocycles. The van der Waals surface area contributed by atoms with Crippen molar-refractivity contribution in [2.45, 2.75) is 25.2 Å². The number of carbonyl (C=O) groups excluding carboxylic acids is 1. The number of nitrogens with one attached hydrogen (secondary N) is 2. The second kappa shape index (κ2) is 8.07. The molecule has 5 rings (SSSR count). The summed E-state index contributed by atoms with van der Waals surface area (Å²) in [7, 11) is 0. The van der Waals surface area contributed by atoms with E-state index >= 15 is 0 Å². The highest BCUT2D eigenvalue weighted by Gasteiger charge is 2.27. The first kappa shape index (κ1) is 19.1. The number of hydrogen-bond donors (Lipinski definition) is 3. The molecule has 6 nitrogen and oxygen atoms in total. The lowest BCUT2D eigenvalue weighted by Crippen LogP contribution is -2.12. The predicted octanol–water partition coefficient (Wildman–Crippen LogP) is 4.90. The summed E-state index contributed by atoms with van der Waals surface area (Å²) in [5.74, 6) is 2.26. The first-order chi connectivity index (χ1) is 15.1. The van der Waals surface area contributed by atoms with E-state index in [2.05, 4.69) is 20.5 Å². The van der Waals surface area contributed by atoms with Crippen LogP contribution in [0.1, 0.15) is 46.1 Å². The number of amides is 1. The Labute approximate surface area is 180 Å². The summed E-state index contributed by atoms with van der Waals surface area (Å²) in [6, 6.07) is 22.2. The van der Waals surface area contributed by atoms with E-state index in [0.717, 1.165) is 28.2 Å². The van der Waals surface area contributed by atoms with Crippen LogP contribution in [0.25, 0.3) is 11.4 Å². The van der Waals surface area contributed by atoms with Crippen molar-refractivity contribution in [3.8, 4) is 17.1 Å². The Morgan fingerprint density at radius 1 is 1.00 bits per heavy atom. The molecule has 1 aliphatic carbocycles. The van der Waals surface area contributed by atoms with Gasteiger partial charge in [-0.15, -0.1) is 0 Å². The summed E-state index contributed by atoms with van der Waals surface area (Å²) in [4.78, 5) is 17.3. The second-order valence-electron chi connectivity index (χ2n) is 7.89. The maximum absolute atomic E-state index is 12.7. The van der Waals surface area contributed by atoms with Crippen molar-refractivity contribution >= 4 is 11.6 Å². The first-order valence-corrected chi connectivity index (χ1v) is 10.3. The zero-order valence-corrected chi connectivity index (χ0v) is 16.9. The van der Waals surface area contributed by atoms with Crippen molar-refractivity contribution in [3.05, 3.63) is 95.3 Å². The number of carbonyl (C=O) groups is 1. The largest absolute Gasteiger partial charge is 0.508 e. The molecule has 1 fully saturated rings. The summed E-state index contributed by atoms with van der Waals surface area (Å²) in [6.07, 6.45) is 3.04. The number of phenols is 1. The third-order valence-electron chi connectivity index (χ3n) is 5.40. The van der Waals surface area contributed by atoms with Crippen LogP contribution in [0, 0.1) is 0 Å². The normalized spacial score (nSPS) is 13.2. The maximum atomic E-state index is 12.7. The molecule has 1 aromatic heterocycles. The van der Waals surface area contributed by atoms with Gasteiger partial charge < -0.3 is 10.4 Å². The topological polar surface area (TPSA) is 90.9 Å². The molecule has 3 N–H and O–H groups in total. The number of benzene rings is 3. The summed E-state index contributed by atoms with van der Waals surface area (Å²) in [5, 5.41) is 19.7. The van der Waals surface area contributed by atoms with Gasteiger partial charge in [-0.2, -0.15) is 5.10 Å². The monoisotopic (exact) mass is 410 g/mol. The molecule has 1 saturated carbocycles. The van der Waals surface area contributed by atoms with Crippen LogP contribution in [-0.2, 0) is 6.42 Å². The number of hydrogen-bond acceptors (Lipinski definition) is 4. The second-order valence-corrected chi connectivity index (χ2v) is 7.89. The molecule has 0 radical (unpaired) electrons. The molecule has 0 saturated heterocycles. The number of anilines is 1. The summed E-state index contributed by atoms with van der Waals surface area (Å²) in [5.41, 5.74) is 4.34. The number of nitrogens with zero attached hydrogens (tertiary/aromatic N) is 2. The molecule has 0 bridgehead atoms. The van der Waals surface area contributed by atoms with Gasteiger partial charge in [0, 0.05) is 22.7 Å². The van der Waals surface area contributed by atoms with Crippen molar-refractivity contribution in [1.29, 1.82) is 0 Å². The van der Waals surface area contributed by atoms with Gasteiger partial charge in [-0.05, 0) is 78.9 Å². The Balaban J connectivity index is 1.25. The smallest absolute Gasteiger partial charge is 0.255 e. The lowest BCUT2D eigenvalue weighted by molar-refractivity contribution is 0.102. The van der Waals surface area contributed by atoms with Gasteiger partial charge in [0.15, 0.2) is 5.82 Å². The van der Waals surface area contributed by atoms with E-state index in [0.29, 0.717) is 23.7 Å². The molecule has 4 aromatic rings. The SMILES string of the molecule is O=C(Nc1ccc(-c2n[nH]c(C3CC3)n2)cc1)c1cccc(Cc2ccc(O)cc2)c1. The number of H-pyrrole nitrogens is 1. The fourth-order valence-electron chi connectivity index (χ4n) is 3.52. The molecule has 1 heterocycles. The molecule has 0 spiro atoms. The Morgan fingerprint density at radius 3 is 2.52 bits per heavy atom. The summed E-state index contributed by atoms with van der Waals surface area (Å²) >= 11 is 0. The van der Waals surface area contributed by atoms with Gasteiger partial charge in [0.2, 0.25) is 0 Å². The Kier molecular flexibility index (Phi) is 4.96. The van der Waals surface area contributed by atoms with Crippen LogP contribution in [0.5, 0.6) is 5.75 Å². The van der Waals surface area contributed by atoms with E-state index in [-0.39, 0.29) is 11.7 Å². The minimum atomic E-state index is -0.158. The zero-order valence-electron chi connectivity index (χ0n) is 16.9. The van der Waals surface area contributed by atoms with Gasteiger partial charge in [0.05, 0.1) is 0 Å². The lowest BCUT2D eigenvalue weighted by Gasteiger charge is -2.08. The molecule has 1 aliphatic rings. The van der Waals surface area contributed by atoms with E-state index in [9.17, 15) is 9.90 Å². The average Bonchev–Trinajstić information content (AvgIpc) is 3.53. The van der Waals surface area contributed by atoms with Crippen LogP contribution < -0.4 is 5.32 Å². The molecule has 31 heavy (non-hydrogen) atoms. The van der Waals surface area contributed by atoms with Crippen LogP contribution in [0.15, 0.2) is 72.8 Å². The quantitative estimate of drug-likeness (QED) is 0.422. The van der Waals surface area contributed by atoms with E-state index < -0.39 is 0 Å². The molecule has 3 aromatic carbocycles. The van der Waals surface area contributed by atoms with Crippen LogP contribution in [0.4, 0.5) is 5.69 Å². The van der Waals surface area contributed by atoms with Crippen LogP contribution in [0.2, 0.25) is 0 Å². The van der Waals surface area contributed by atoms with Crippen molar-refractivity contribution in [2.24, 2.45) is 0 Å². The van der Waals surface area contributed by atoms with Crippen molar-refractivity contribution in [1.82, 2.24) is 15.2 Å².